The maximum Gasteiger partial charge on any atom is 0.407 e. The first-order valence-corrected chi connectivity index (χ1v) is 19.7. The van der Waals surface area contributed by atoms with Gasteiger partial charge in [0.2, 0.25) is 5.91 Å². The first-order chi connectivity index (χ1) is 25.9. The predicted molar refractivity (Wildman–Crippen MR) is 213 cm³/mol. The van der Waals surface area contributed by atoms with Gasteiger partial charge in [0.15, 0.2) is 0 Å². The zero-order valence-corrected chi connectivity index (χ0v) is 32.4. The second kappa shape index (κ2) is 14.1. The number of aromatic amines is 2. The molecule has 4 N–H and O–H groups in total. The summed E-state index contributed by atoms with van der Waals surface area (Å²) < 4.78 is 0. The molecule has 0 radical (unpaired) electrons. The van der Waals surface area contributed by atoms with Crippen LogP contribution in [0.1, 0.15) is 126 Å². The van der Waals surface area contributed by atoms with Crippen molar-refractivity contribution in [2.24, 2.45) is 5.92 Å². The molecule has 3 aromatic carbocycles. The number of hydrogen-bond acceptors (Lipinski definition) is 6. The summed E-state index contributed by atoms with van der Waals surface area (Å²) in [4.78, 5) is 48.5. The number of carbonyl (C=O) groups excluding carboxylic acids is 1. The first kappa shape index (κ1) is 36.1. The van der Waals surface area contributed by atoms with Gasteiger partial charge in [-0.2, -0.15) is 0 Å². The van der Waals surface area contributed by atoms with E-state index in [2.05, 4.69) is 102 Å². The summed E-state index contributed by atoms with van der Waals surface area (Å²) in [6.07, 6.45) is 4.81. The van der Waals surface area contributed by atoms with E-state index < -0.39 is 12.1 Å². The number of rotatable bonds is 8. The van der Waals surface area contributed by atoms with Crippen LogP contribution < -0.4 is 10.2 Å². The Morgan fingerprint density at radius 2 is 1.43 bits per heavy atom. The average Bonchev–Trinajstić information content (AvgIpc) is 3.99. The highest BCUT2D eigenvalue weighted by Crippen LogP contribution is 2.48. The number of H-pyrrole nitrogens is 2. The number of nitrogens with one attached hydrogen (secondary N) is 3. The number of likely N-dealkylation sites (N-methyl/N-ethyl adjacent to an activating group) is 1. The molecule has 5 heterocycles. The van der Waals surface area contributed by atoms with Crippen molar-refractivity contribution in [1.29, 1.82) is 0 Å². The number of fused-ring (bicyclic) bond motifs is 2. The molecule has 0 saturated carbocycles. The Hall–Kier alpha value is -4.90. The van der Waals surface area contributed by atoms with Gasteiger partial charge >= 0.3 is 6.09 Å². The Kier molecular flexibility index (Phi) is 9.40. The summed E-state index contributed by atoms with van der Waals surface area (Å²) in [5, 5.41) is 13.3. The van der Waals surface area contributed by atoms with Gasteiger partial charge in [-0.3, -0.25) is 9.69 Å². The Balaban J connectivity index is 1.11. The van der Waals surface area contributed by atoms with E-state index in [0.717, 1.165) is 77.3 Å². The molecule has 54 heavy (non-hydrogen) atoms. The summed E-state index contributed by atoms with van der Waals surface area (Å²) >= 11 is 0. The van der Waals surface area contributed by atoms with Gasteiger partial charge < -0.3 is 30.2 Å². The molecule has 3 aliphatic rings. The molecule has 0 spiro atoms. The molecule has 5 atom stereocenters. The standard InChI is InChI=1S/C43H54N8O3/c1-25(2)38(49(6)42(53)54)41(52)50-22-8-10-37(50)40-46-31-18-12-27(24-34(31)48-40)36-20-19-35(51(36)29-15-13-28(14-16-29)43(3,4)5)26-11-17-30-33(23-26)47-39(45-30)32-9-7-21-44-32/h11-18,23-25,32,35-38,44H,7-10,19-22H2,1-6H3,(H,45,47)(H,46,48)(H,53,54)/t32-,35+,36+,37?,38-/m0/s1. The zero-order chi connectivity index (χ0) is 37.9. The highest BCUT2D eigenvalue weighted by Gasteiger charge is 2.40. The van der Waals surface area contributed by atoms with Crippen molar-refractivity contribution in [3.8, 4) is 0 Å². The molecule has 3 saturated heterocycles. The lowest BCUT2D eigenvalue weighted by Gasteiger charge is -2.34. The molecule has 5 aromatic rings. The molecule has 11 heteroatoms. The minimum Gasteiger partial charge on any atom is -0.465 e. The summed E-state index contributed by atoms with van der Waals surface area (Å²) in [5.41, 5.74) is 8.98. The molecule has 8 rings (SSSR count). The number of amides is 2. The number of carboxylic acid groups (broad SMARTS) is 1. The van der Waals surface area contributed by atoms with Crippen LogP contribution in [0.4, 0.5) is 10.5 Å². The number of likely N-dealkylation sites (tertiary alicyclic amines) is 1. The molecule has 1 unspecified atom stereocenters. The fourth-order valence-electron chi connectivity index (χ4n) is 9.21. The summed E-state index contributed by atoms with van der Waals surface area (Å²) in [7, 11) is 1.48. The first-order valence-electron chi connectivity index (χ1n) is 19.7. The fraction of sp³-hybridized carbons (Fsp3) is 0.488. The summed E-state index contributed by atoms with van der Waals surface area (Å²) in [5.74, 6) is 1.47. The van der Waals surface area contributed by atoms with Crippen LogP contribution >= 0.6 is 0 Å². The monoisotopic (exact) mass is 730 g/mol. The van der Waals surface area contributed by atoms with Crippen LogP contribution in [-0.4, -0.2) is 73.0 Å². The van der Waals surface area contributed by atoms with Gasteiger partial charge in [-0.25, -0.2) is 14.8 Å². The van der Waals surface area contributed by atoms with Crippen LogP contribution in [0.5, 0.6) is 0 Å². The van der Waals surface area contributed by atoms with E-state index in [1.54, 1.807) is 0 Å². The predicted octanol–water partition coefficient (Wildman–Crippen LogP) is 8.54. The van der Waals surface area contributed by atoms with Crippen LogP contribution in [-0.2, 0) is 10.2 Å². The minimum absolute atomic E-state index is 0.0601. The lowest BCUT2D eigenvalue weighted by molar-refractivity contribution is -0.138. The van der Waals surface area contributed by atoms with Crippen molar-refractivity contribution >= 4 is 39.8 Å². The van der Waals surface area contributed by atoms with Crippen molar-refractivity contribution in [3.05, 3.63) is 89.0 Å². The minimum atomic E-state index is -1.10. The number of hydrogen-bond donors (Lipinski definition) is 4. The smallest absolute Gasteiger partial charge is 0.407 e. The molecule has 0 aliphatic carbocycles. The topological polar surface area (TPSA) is 133 Å². The maximum absolute atomic E-state index is 13.9. The van der Waals surface area contributed by atoms with Gasteiger partial charge in [-0.05, 0) is 109 Å². The number of carbonyl (C=O) groups is 2. The maximum atomic E-state index is 13.9. The normalized spacial score (nSPS) is 22.6. The lowest BCUT2D eigenvalue weighted by atomic mass is 9.87. The molecule has 0 bridgehead atoms. The third-order valence-electron chi connectivity index (χ3n) is 12.1. The second-order valence-electron chi connectivity index (χ2n) is 17.0. The van der Waals surface area contributed by atoms with E-state index in [4.69, 9.17) is 9.97 Å². The number of anilines is 1. The highest BCUT2D eigenvalue weighted by atomic mass is 16.4. The lowest BCUT2D eigenvalue weighted by Crippen LogP contribution is -2.51. The molecule has 3 aliphatic heterocycles. The molecule has 2 aromatic heterocycles. The average molecular weight is 731 g/mol. The van der Waals surface area contributed by atoms with E-state index in [9.17, 15) is 14.7 Å². The fourth-order valence-corrected chi connectivity index (χ4v) is 9.21. The van der Waals surface area contributed by atoms with Gasteiger partial charge in [0.1, 0.15) is 17.7 Å². The summed E-state index contributed by atoms with van der Waals surface area (Å²) in [6.45, 7) is 12.2. The molecule has 11 nitrogen and oxygen atoms in total. The van der Waals surface area contributed by atoms with Crippen LogP contribution in [0.2, 0.25) is 0 Å². The molecule has 2 amide bonds. The number of aromatic nitrogens is 4. The van der Waals surface area contributed by atoms with E-state index >= 15 is 0 Å². The third-order valence-corrected chi connectivity index (χ3v) is 12.1. The van der Waals surface area contributed by atoms with Crippen molar-refractivity contribution in [3.63, 3.8) is 0 Å². The number of benzene rings is 3. The Morgan fingerprint density at radius 3 is 1.98 bits per heavy atom. The number of imidazole rings is 2. The van der Waals surface area contributed by atoms with Crippen LogP contribution in [0, 0.1) is 5.92 Å². The number of nitrogens with zero attached hydrogens (tertiary/aromatic N) is 5. The van der Waals surface area contributed by atoms with Gasteiger partial charge in [-0.15, -0.1) is 0 Å². The van der Waals surface area contributed by atoms with Crippen molar-refractivity contribution in [2.45, 2.75) is 109 Å². The van der Waals surface area contributed by atoms with Gasteiger partial charge in [0.05, 0.1) is 46.2 Å². The van der Waals surface area contributed by atoms with E-state index in [1.807, 2.05) is 18.7 Å². The van der Waals surface area contributed by atoms with E-state index in [-0.39, 0.29) is 35.4 Å². The van der Waals surface area contributed by atoms with Gasteiger partial charge in [0, 0.05) is 19.3 Å². The van der Waals surface area contributed by atoms with Crippen molar-refractivity contribution < 1.29 is 14.7 Å². The van der Waals surface area contributed by atoms with Crippen molar-refractivity contribution in [1.82, 2.24) is 35.1 Å². The molecule has 284 valence electrons. The van der Waals surface area contributed by atoms with Gasteiger partial charge in [-0.1, -0.05) is 58.9 Å². The Morgan fingerprint density at radius 1 is 0.815 bits per heavy atom. The molecule has 3 fully saturated rings. The highest BCUT2D eigenvalue weighted by molar-refractivity contribution is 5.86. The summed E-state index contributed by atoms with van der Waals surface area (Å²) in [6, 6.07) is 22.1. The van der Waals surface area contributed by atoms with Gasteiger partial charge in [0.25, 0.3) is 0 Å². The van der Waals surface area contributed by atoms with E-state index in [1.165, 1.54) is 35.8 Å². The zero-order valence-electron chi connectivity index (χ0n) is 32.4. The van der Waals surface area contributed by atoms with Crippen LogP contribution in [0.3, 0.4) is 0 Å². The Labute approximate surface area is 317 Å². The second-order valence-corrected chi connectivity index (χ2v) is 17.0. The van der Waals surface area contributed by atoms with Crippen LogP contribution in [0.25, 0.3) is 22.1 Å². The SMILES string of the molecule is CC(C)[C@@H](C(=O)N1CCCC1c1nc2ccc([C@H]3CC[C@H](c4ccc5nc([C@@H]6CCCN6)[nH]c5c4)N3c3ccc(C(C)(C)C)cc3)cc2[nH]1)N(C)C(=O)O. The molecular formula is C43H54N8O3. The largest absolute Gasteiger partial charge is 0.465 e. The quantitative estimate of drug-likeness (QED) is 0.126. The third kappa shape index (κ3) is 6.61. The molecular weight excluding hydrogens is 677 g/mol. The van der Waals surface area contributed by atoms with E-state index in [0.29, 0.717) is 12.6 Å². The van der Waals surface area contributed by atoms with Crippen LogP contribution in [0.15, 0.2) is 60.7 Å². The Bertz CT molecular complexity index is 2160. The van der Waals surface area contributed by atoms with Crippen molar-refractivity contribution in [2.75, 3.05) is 25.0 Å².